The van der Waals surface area contributed by atoms with Crippen LogP contribution in [0, 0.1) is 5.82 Å². The van der Waals surface area contributed by atoms with E-state index in [1.807, 2.05) is 0 Å². The third kappa shape index (κ3) is 2.72. The summed E-state index contributed by atoms with van der Waals surface area (Å²) in [6, 6.07) is 3.55. The van der Waals surface area contributed by atoms with Crippen LogP contribution in [0.4, 0.5) is 4.39 Å². The van der Waals surface area contributed by atoms with Crippen molar-refractivity contribution in [3.05, 3.63) is 47.0 Å². The highest BCUT2D eigenvalue weighted by molar-refractivity contribution is 6.18. The number of aromatic amines is 1. The molecule has 1 atom stereocenters. The number of nitrogens with zero attached hydrogens (tertiary/aromatic N) is 2. The molecule has 4 heterocycles. The van der Waals surface area contributed by atoms with Crippen LogP contribution in [-0.4, -0.2) is 51.0 Å². The number of hydrogen-bond acceptors (Lipinski definition) is 5. The number of halogens is 1. The van der Waals surface area contributed by atoms with Crippen LogP contribution in [0.1, 0.15) is 24.1 Å². The summed E-state index contributed by atoms with van der Waals surface area (Å²) < 4.78 is 13.7. The molecule has 5 rings (SSSR count). The second-order valence-corrected chi connectivity index (χ2v) is 7.45. The molecule has 0 spiro atoms. The smallest absolute Gasteiger partial charge is 0.277 e. The number of aromatic nitrogens is 1. The molecule has 2 aromatic rings. The molecule has 29 heavy (non-hydrogen) atoms. The van der Waals surface area contributed by atoms with Crippen LogP contribution in [0.3, 0.4) is 0 Å². The number of fused-ring (bicyclic) bond motifs is 3. The second kappa shape index (κ2) is 6.26. The molecule has 148 valence electrons. The van der Waals surface area contributed by atoms with Gasteiger partial charge in [-0.05, 0) is 24.6 Å². The van der Waals surface area contributed by atoms with Crippen LogP contribution in [-0.2, 0) is 32.1 Å². The quantitative estimate of drug-likeness (QED) is 0.729. The molecule has 0 aliphatic carbocycles. The Hall–Kier alpha value is -3.49. The highest BCUT2D eigenvalue weighted by Gasteiger charge is 2.44. The molecule has 0 saturated carbocycles. The van der Waals surface area contributed by atoms with Gasteiger partial charge >= 0.3 is 0 Å². The molecule has 3 aliphatic rings. The molecular weight excluding hydrogens is 379 g/mol. The Kier molecular flexibility index (Phi) is 3.80. The number of piperidine rings is 1. The number of amides is 4. The van der Waals surface area contributed by atoms with E-state index >= 15 is 0 Å². The van der Waals surface area contributed by atoms with E-state index in [0.29, 0.717) is 19.5 Å². The van der Waals surface area contributed by atoms with Crippen LogP contribution < -0.4 is 5.32 Å². The molecule has 9 heteroatoms. The van der Waals surface area contributed by atoms with Crippen molar-refractivity contribution in [1.82, 2.24) is 20.1 Å². The first-order valence-electron chi connectivity index (χ1n) is 9.39. The average molecular weight is 396 g/mol. The van der Waals surface area contributed by atoms with Gasteiger partial charge in [0.15, 0.2) is 0 Å². The van der Waals surface area contributed by atoms with E-state index in [-0.39, 0.29) is 24.4 Å². The fourth-order valence-corrected chi connectivity index (χ4v) is 4.31. The van der Waals surface area contributed by atoms with Crippen LogP contribution >= 0.6 is 0 Å². The van der Waals surface area contributed by atoms with Gasteiger partial charge in [0, 0.05) is 54.2 Å². The number of carbonyl (C=O) groups is 4. The first-order chi connectivity index (χ1) is 13.9. The normalized spacial score (nSPS) is 22.2. The lowest BCUT2D eigenvalue weighted by atomic mass is 10.0. The van der Waals surface area contributed by atoms with E-state index in [1.165, 1.54) is 18.2 Å². The predicted octanol–water partition coefficient (Wildman–Crippen LogP) is 0.723. The van der Waals surface area contributed by atoms with Crippen molar-refractivity contribution in [3.8, 4) is 0 Å². The van der Waals surface area contributed by atoms with Crippen LogP contribution in [0.2, 0.25) is 0 Å². The van der Waals surface area contributed by atoms with Crippen LogP contribution in [0.15, 0.2) is 30.0 Å². The zero-order chi connectivity index (χ0) is 20.3. The number of nitrogens with one attached hydrogen (secondary N) is 2. The van der Waals surface area contributed by atoms with Gasteiger partial charge in [0.05, 0.1) is 0 Å². The highest BCUT2D eigenvalue weighted by Crippen LogP contribution is 2.32. The van der Waals surface area contributed by atoms with Gasteiger partial charge in [-0.3, -0.25) is 29.4 Å². The summed E-state index contributed by atoms with van der Waals surface area (Å²) in [7, 11) is 0. The topological polar surface area (TPSA) is 103 Å². The van der Waals surface area contributed by atoms with Gasteiger partial charge in [-0.2, -0.15) is 0 Å². The van der Waals surface area contributed by atoms with Gasteiger partial charge in [-0.15, -0.1) is 0 Å². The van der Waals surface area contributed by atoms with Crippen molar-refractivity contribution in [2.24, 2.45) is 0 Å². The average Bonchev–Trinajstić information content (AvgIpc) is 3.18. The van der Waals surface area contributed by atoms with Gasteiger partial charge in [0.1, 0.15) is 17.6 Å². The van der Waals surface area contributed by atoms with E-state index in [1.54, 1.807) is 11.0 Å². The molecule has 1 aromatic carbocycles. The minimum atomic E-state index is -0.982. The monoisotopic (exact) mass is 396 g/mol. The fourth-order valence-electron chi connectivity index (χ4n) is 4.31. The molecule has 1 fully saturated rings. The van der Waals surface area contributed by atoms with Crippen molar-refractivity contribution in [1.29, 1.82) is 0 Å². The maximum absolute atomic E-state index is 13.7. The van der Waals surface area contributed by atoms with Crippen LogP contribution in [0.25, 0.3) is 10.9 Å². The van der Waals surface area contributed by atoms with Crippen molar-refractivity contribution >= 4 is 34.5 Å². The zero-order valence-corrected chi connectivity index (χ0v) is 15.3. The van der Waals surface area contributed by atoms with E-state index in [0.717, 1.165) is 27.1 Å². The first-order valence-corrected chi connectivity index (χ1v) is 9.39. The number of benzene rings is 1. The minimum Gasteiger partial charge on any atom is -0.362 e. The third-order valence-corrected chi connectivity index (χ3v) is 5.74. The molecule has 8 nitrogen and oxygen atoms in total. The second-order valence-electron chi connectivity index (χ2n) is 7.45. The fraction of sp³-hybridized carbons (Fsp3) is 0.300. The van der Waals surface area contributed by atoms with Gasteiger partial charge < -0.3 is 9.88 Å². The zero-order valence-electron chi connectivity index (χ0n) is 15.3. The Labute approximate surface area is 164 Å². The number of rotatable bonds is 2. The summed E-state index contributed by atoms with van der Waals surface area (Å²) in [5.74, 6) is -2.49. The molecule has 2 N–H and O–H groups in total. The molecule has 1 unspecified atom stereocenters. The number of carbonyl (C=O) groups excluding carboxylic acids is 4. The Morgan fingerprint density at radius 1 is 1.10 bits per heavy atom. The number of hydrogen-bond donors (Lipinski definition) is 2. The summed E-state index contributed by atoms with van der Waals surface area (Å²) in [5, 5.41) is 2.93. The molecule has 1 aromatic heterocycles. The molecule has 0 radical (unpaired) electrons. The van der Waals surface area contributed by atoms with E-state index in [4.69, 9.17) is 0 Å². The Balaban J connectivity index is 1.42. The summed E-state index contributed by atoms with van der Waals surface area (Å²) in [4.78, 5) is 54.9. The maximum atomic E-state index is 13.7. The molecule has 3 aliphatic heterocycles. The molecule has 1 saturated heterocycles. The van der Waals surface area contributed by atoms with Crippen molar-refractivity contribution in [3.63, 3.8) is 0 Å². The highest BCUT2D eigenvalue weighted by atomic mass is 19.1. The van der Waals surface area contributed by atoms with E-state index < -0.39 is 29.7 Å². The van der Waals surface area contributed by atoms with E-state index in [9.17, 15) is 23.6 Å². The summed E-state index contributed by atoms with van der Waals surface area (Å²) in [6.45, 7) is 0.864. The van der Waals surface area contributed by atoms with Gasteiger partial charge in [-0.1, -0.05) is 0 Å². The third-order valence-electron chi connectivity index (χ3n) is 5.74. The SMILES string of the molecule is O=C1CCC(N2C(=O)C=C(N3CCc4[nH]c5ccc(F)cc5c4C3)C2=O)C(=O)N1. The van der Waals surface area contributed by atoms with Crippen molar-refractivity contribution in [2.45, 2.75) is 31.8 Å². The molecule has 4 amide bonds. The number of H-pyrrole nitrogens is 1. The number of imide groups is 2. The lowest BCUT2D eigenvalue weighted by Gasteiger charge is -2.32. The lowest BCUT2D eigenvalue weighted by molar-refractivity contribution is -0.150. The summed E-state index contributed by atoms with van der Waals surface area (Å²) in [6.07, 6.45) is 2.06. The maximum Gasteiger partial charge on any atom is 0.277 e. The largest absolute Gasteiger partial charge is 0.362 e. The van der Waals surface area contributed by atoms with Gasteiger partial charge in [0.25, 0.3) is 11.8 Å². The summed E-state index contributed by atoms with van der Waals surface area (Å²) in [5.41, 5.74) is 2.93. The summed E-state index contributed by atoms with van der Waals surface area (Å²) >= 11 is 0. The van der Waals surface area contributed by atoms with Gasteiger partial charge in [-0.25, -0.2) is 4.39 Å². The Bertz CT molecular complexity index is 1130. The standard InChI is InChI=1S/C20H17FN4O4/c21-10-1-2-13-11(7-10)12-9-24(6-5-14(12)22-13)16-8-18(27)25(20(16)29)15-3-4-17(26)23-19(15)28/h1-2,7-8,15,22H,3-6,9H2,(H,23,26,28). The minimum absolute atomic E-state index is 0.0801. The lowest BCUT2D eigenvalue weighted by Crippen LogP contribution is -2.55. The van der Waals surface area contributed by atoms with Crippen molar-refractivity contribution < 1.29 is 23.6 Å². The molecular formula is C20H17FN4O4. The van der Waals surface area contributed by atoms with Gasteiger partial charge in [0.2, 0.25) is 11.8 Å². The van der Waals surface area contributed by atoms with E-state index in [2.05, 4.69) is 10.3 Å². The first kappa shape index (κ1) is 17.6. The Morgan fingerprint density at radius 3 is 2.72 bits per heavy atom. The molecule has 0 bridgehead atoms. The van der Waals surface area contributed by atoms with Crippen molar-refractivity contribution in [2.75, 3.05) is 6.54 Å². The van der Waals surface area contributed by atoms with Crippen LogP contribution in [0.5, 0.6) is 0 Å². The Morgan fingerprint density at radius 2 is 1.93 bits per heavy atom. The predicted molar refractivity (Wildman–Crippen MR) is 98.5 cm³/mol.